The highest BCUT2D eigenvalue weighted by molar-refractivity contribution is 5.09. The van der Waals surface area contributed by atoms with E-state index in [1.54, 1.807) is 0 Å². The van der Waals surface area contributed by atoms with Crippen LogP contribution in [0.2, 0.25) is 0 Å². The number of hydrogen-bond donors (Lipinski definition) is 2. The van der Waals surface area contributed by atoms with Crippen LogP contribution in [0.1, 0.15) is 67.2 Å². The standard InChI is InChI=1S/2C10H18O/c2*1-6-4-7-8(5-9(6)11)10(7,2)3/h2*6-9,11H,4-5H2,1-3H3. The molecule has 2 heteroatoms. The molecule has 0 bridgehead atoms. The lowest BCUT2D eigenvalue weighted by Gasteiger charge is -2.22. The largest absolute Gasteiger partial charge is 0.393 e. The molecule has 4 saturated carbocycles. The molecule has 0 aliphatic heterocycles. The average Bonchev–Trinajstić information content (AvgIpc) is 3.14. The summed E-state index contributed by atoms with van der Waals surface area (Å²) in [5.41, 5.74) is 1.09. The second-order valence-electron chi connectivity index (χ2n) is 10.1. The third-order valence-electron chi connectivity index (χ3n) is 8.13. The molecule has 2 nitrogen and oxygen atoms in total. The minimum Gasteiger partial charge on any atom is -0.393 e. The maximum absolute atomic E-state index is 9.61. The molecular weight excluding hydrogens is 272 g/mol. The SMILES string of the molecule is CC1CC2C(CC1O)C2(C)C.CC1CC2C(CC1O)C2(C)C. The third-order valence-corrected chi connectivity index (χ3v) is 8.13. The van der Waals surface area contributed by atoms with Gasteiger partial charge in [0, 0.05) is 0 Å². The molecule has 4 aliphatic carbocycles. The molecule has 0 spiro atoms. The van der Waals surface area contributed by atoms with Crippen LogP contribution >= 0.6 is 0 Å². The Morgan fingerprint density at radius 1 is 0.591 bits per heavy atom. The normalized spacial score (nSPS) is 53.5. The molecule has 4 aliphatic rings. The molecule has 0 radical (unpaired) electrons. The Morgan fingerprint density at radius 2 is 0.864 bits per heavy atom. The van der Waals surface area contributed by atoms with Crippen molar-refractivity contribution in [3.8, 4) is 0 Å². The van der Waals surface area contributed by atoms with Crippen molar-refractivity contribution in [1.29, 1.82) is 0 Å². The Labute approximate surface area is 136 Å². The summed E-state index contributed by atoms with van der Waals surface area (Å²) in [6.07, 6.45) is 4.58. The molecule has 0 heterocycles. The van der Waals surface area contributed by atoms with Crippen molar-refractivity contribution in [2.24, 2.45) is 46.3 Å². The van der Waals surface area contributed by atoms with Gasteiger partial charge in [-0.25, -0.2) is 0 Å². The van der Waals surface area contributed by atoms with Gasteiger partial charge in [0.2, 0.25) is 0 Å². The van der Waals surface area contributed by atoms with Gasteiger partial charge in [0.05, 0.1) is 12.2 Å². The van der Waals surface area contributed by atoms with Gasteiger partial charge in [-0.15, -0.1) is 0 Å². The number of hydrogen-bond acceptors (Lipinski definition) is 2. The topological polar surface area (TPSA) is 40.5 Å². The Kier molecular flexibility index (Phi) is 3.97. The minimum atomic E-state index is -0.0157. The van der Waals surface area contributed by atoms with Gasteiger partial charge in [-0.3, -0.25) is 0 Å². The first-order valence-electron chi connectivity index (χ1n) is 9.43. The number of fused-ring (bicyclic) bond motifs is 2. The van der Waals surface area contributed by atoms with Gasteiger partial charge in [0.1, 0.15) is 0 Å². The molecule has 0 aromatic rings. The number of aliphatic hydroxyl groups is 2. The van der Waals surface area contributed by atoms with Crippen molar-refractivity contribution < 1.29 is 10.2 Å². The average molecular weight is 309 g/mol. The van der Waals surface area contributed by atoms with E-state index in [1.807, 2.05) is 0 Å². The summed E-state index contributed by atoms with van der Waals surface area (Å²) in [4.78, 5) is 0. The summed E-state index contributed by atoms with van der Waals surface area (Å²) >= 11 is 0. The highest BCUT2D eigenvalue weighted by Gasteiger charge is 2.61. The maximum Gasteiger partial charge on any atom is 0.0568 e. The van der Waals surface area contributed by atoms with Crippen LogP contribution in [0.5, 0.6) is 0 Å². The number of aliphatic hydroxyl groups excluding tert-OH is 2. The second kappa shape index (κ2) is 5.21. The van der Waals surface area contributed by atoms with Crippen LogP contribution < -0.4 is 0 Å². The van der Waals surface area contributed by atoms with E-state index in [2.05, 4.69) is 41.5 Å². The summed E-state index contributed by atoms with van der Waals surface area (Å²) in [7, 11) is 0. The van der Waals surface area contributed by atoms with Crippen LogP contribution in [0.15, 0.2) is 0 Å². The predicted octanol–water partition coefficient (Wildman–Crippen LogP) is 4.10. The summed E-state index contributed by atoms with van der Waals surface area (Å²) in [5.74, 6) is 4.57. The molecule has 0 aromatic heterocycles. The summed E-state index contributed by atoms with van der Waals surface area (Å²) in [6.45, 7) is 13.7. The van der Waals surface area contributed by atoms with Gasteiger partial charge >= 0.3 is 0 Å². The van der Waals surface area contributed by atoms with E-state index in [9.17, 15) is 10.2 Å². The van der Waals surface area contributed by atoms with Crippen LogP contribution in [-0.4, -0.2) is 22.4 Å². The zero-order valence-corrected chi connectivity index (χ0v) is 15.3. The highest BCUT2D eigenvalue weighted by atomic mass is 16.3. The van der Waals surface area contributed by atoms with Gasteiger partial charge in [-0.1, -0.05) is 41.5 Å². The fraction of sp³-hybridized carbons (Fsp3) is 1.00. The van der Waals surface area contributed by atoms with Gasteiger partial charge in [0.15, 0.2) is 0 Å². The molecular formula is C20H36O2. The van der Waals surface area contributed by atoms with E-state index in [4.69, 9.17) is 0 Å². The second-order valence-corrected chi connectivity index (χ2v) is 10.1. The number of rotatable bonds is 0. The zero-order valence-electron chi connectivity index (χ0n) is 15.3. The maximum atomic E-state index is 9.61. The van der Waals surface area contributed by atoms with E-state index < -0.39 is 0 Å². The highest BCUT2D eigenvalue weighted by Crippen LogP contribution is 2.66. The van der Waals surface area contributed by atoms with Gasteiger partial charge in [0.25, 0.3) is 0 Å². The Bertz CT molecular complexity index is 351. The monoisotopic (exact) mass is 308 g/mol. The van der Waals surface area contributed by atoms with Crippen molar-refractivity contribution >= 4 is 0 Å². The molecule has 4 rings (SSSR count). The molecule has 22 heavy (non-hydrogen) atoms. The van der Waals surface area contributed by atoms with Crippen molar-refractivity contribution in [2.45, 2.75) is 79.4 Å². The first-order chi connectivity index (χ1) is 10.1. The molecule has 0 amide bonds. The summed E-state index contributed by atoms with van der Waals surface area (Å²) in [6, 6.07) is 0. The van der Waals surface area contributed by atoms with Gasteiger partial charge in [-0.2, -0.15) is 0 Å². The fourth-order valence-corrected chi connectivity index (χ4v) is 5.69. The molecule has 8 unspecified atom stereocenters. The lowest BCUT2D eigenvalue weighted by atomic mass is 9.88. The zero-order chi connectivity index (χ0) is 16.4. The molecule has 128 valence electrons. The van der Waals surface area contributed by atoms with E-state index in [-0.39, 0.29) is 12.2 Å². The Balaban J connectivity index is 0.000000131. The quantitative estimate of drug-likeness (QED) is 0.707. The van der Waals surface area contributed by atoms with Crippen molar-refractivity contribution in [3.63, 3.8) is 0 Å². The summed E-state index contributed by atoms with van der Waals surface area (Å²) in [5, 5.41) is 19.2. The smallest absolute Gasteiger partial charge is 0.0568 e. The lowest BCUT2D eigenvalue weighted by molar-refractivity contribution is 0.0743. The van der Waals surface area contributed by atoms with Gasteiger partial charge < -0.3 is 10.2 Å². The Hall–Kier alpha value is -0.0800. The Morgan fingerprint density at radius 3 is 1.14 bits per heavy atom. The van der Waals surface area contributed by atoms with Gasteiger partial charge in [-0.05, 0) is 72.0 Å². The van der Waals surface area contributed by atoms with Crippen molar-refractivity contribution in [1.82, 2.24) is 0 Å². The van der Waals surface area contributed by atoms with Crippen LogP contribution in [0.25, 0.3) is 0 Å². The first-order valence-corrected chi connectivity index (χ1v) is 9.43. The predicted molar refractivity (Wildman–Crippen MR) is 90.3 cm³/mol. The molecule has 8 atom stereocenters. The third kappa shape index (κ3) is 2.65. The van der Waals surface area contributed by atoms with Crippen LogP contribution in [-0.2, 0) is 0 Å². The van der Waals surface area contributed by atoms with Crippen molar-refractivity contribution in [2.75, 3.05) is 0 Å². The lowest BCUT2D eigenvalue weighted by Crippen LogP contribution is -2.22. The van der Waals surface area contributed by atoms with E-state index >= 15 is 0 Å². The molecule has 0 saturated heterocycles. The summed E-state index contributed by atoms with van der Waals surface area (Å²) < 4.78 is 0. The van der Waals surface area contributed by atoms with Crippen LogP contribution in [0.3, 0.4) is 0 Å². The fourth-order valence-electron chi connectivity index (χ4n) is 5.69. The minimum absolute atomic E-state index is 0.0157. The van der Waals surface area contributed by atoms with Crippen molar-refractivity contribution in [3.05, 3.63) is 0 Å². The van der Waals surface area contributed by atoms with E-state index in [0.717, 1.165) is 36.5 Å². The molecule has 4 fully saturated rings. The van der Waals surface area contributed by atoms with E-state index in [1.165, 1.54) is 12.8 Å². The van der Waals surface area contributed by atoms with Crippen LogP contribution in [0.4, 0.5) is 0 Å². The molecule has 2 N–H and O–H groups in total. The molecule has 0 aromatic carbocycles. The first kappa shape index (κ1) is 16.8. The van der Waals surface area contributed by atoms with E-state index in [0.29, 0.717) is 22.7 Å². The van der Waals surface area contributed by atoms with Crippen LogP contribution in [0, 0.1) is 46.3 Å².